The van der Waals surface area contributed by atoms with Crippen LogP contribution in [0.1, 0.15) is 12.5 Å². The Morgan fingerprint density at radius 2 is 1.72 bits per heavy atom. The number of ether oxygens (including phenoxy) is 1. The smallest absolute Gasteiger partial charge is 0.478 e. The van der Waals surface area contributed by atoms with Crippen LogP contribution in [0.3, 0.4) is 0 Å². The van der Waals surface area contributed by atoms with Gasteiger partial charge in [-0.3, -0.25) is 9.78 Å². The zero-order valence-electron chi connectivity index (χ0n) is 22.1. The number of carbonyl (C=O) groups excluding carboxylic acids is 1. The molecule has 2 aromatic heterocycles. The van der Waals surface area contributed by atoms with Gasteiger partial charge >= 0.3 is 18.1 Å². The van der Waals surface area contributed by atoms with Gasteiger partial charge < -0.3 is 25.3 Å². The number of halogens is 3. The summed E-state index contributed by atoms with van der Waals surface area (Å²) in [5.41, 5.74) is 2.51. The number of carbonyl (C=O) groups is 3. The Labute approximate surface area is 241 Å². The summed E-state index contributed by atoms with van der Waals surface area (Å²) in [6.07, 6.45) is -1.76. The van der Waals surface area contributed by atoms with Crippen LogP contribution in [-0.2, 0) is 30.8 Å². The molecule has 0 unspecified atom stereocenters. The second-order valence-electron chi connectivity index (χ2n) is 8.45. The van der Waals surface area contributed by atoms with Crippen LogP contribution in [0.2, 0.25) is 0 Å². The summed E-state index contributed by atoms with van der Waals surface area (Å²) in [7, 11) is -3.35. The van der Waals surface area contributed by atoms with Gasteiger partial charge in [0.1, 0.15) is 17.2 Å². The number of alkyl halides is 3. The van der Waals surface area contributed by atoms with Crippen molar-refractivity contribution in [2.24, 2.45) is 0 Å². The van der Waals surface area contributed by atoms with Gasteiger partial charge in [-0.05, 0) is 42.5 Å². The number of nitrogens with zero attached hydrogens (tertiary/aromatic N) is 2. The fraction of sp³-hybridized carbons (Fsp3) is 0.148. The molecule has 0 saturated carbocycles. The van der Waals surface area contributed by atoms with E-state index >= 15 is 0 Å². The van der Waals surface area contributed by atoms with E-state index in [1.165, 1.54) is 12.1 Å². The number of hydrogen-bond donors (Lipinski definition) is 4. The quantitative estimate of drug-likeness (QED) is 0.198. The summed E-state index contributed by atoms with van der Waals surface area (Å²) >= 11 is 0. The van der Waals surface area contributed by atoms with Crippen molar-refractivity contribution in [1.29, 1.82) is 0 Å². The number of pyridine rings is 1. The molecule has 12 nitrogen and oxygen atoms in total. The lowest BCUT2D eigenvalue weighted by Crippen LogP contribution is -2.21. The van der Waals surface area contributed by atoms with E-state index in [9.17, 15) is 31.2 Å². The molecule has 2 aromatic carbocycles. The van der Waals surface area contributed by atoms with E-state index in [0.717, 1.165) is 12.2 Å². The molecule has 0 atom stereocenters. The largest absolute Gasteiger partial charge is 0.490 e. The number of aliphatic carboxylic acids is 2. The van der Waals surface area contributed by atoms with Crippen molar-refractivity contribution in [3.05, 3.63) is 78.5 Å². The van der Waals surface area contributed by atoms with Crippen molar-refractivity contribution in [2.75, 3.05) is 5.75 Å². The minimum absolute atomic E-state index is 0.0121. The Bertz CT molecular complexity index is 1750. The van der Waals surface area contributed by atoms with Crippen molar-refractivity contribution >= 4 is 38.7 Å². The second-order valence-corrected chi connectivity index (χ2v) is 10.7. The Kier molecular flexibility index (Phi) is 10.2. The molecule has 0 spiro atoms. The number of fused-ring (bicyclic) bond motifs is 1. The van der Waals surface area contributed by atoms with Gasteiger partial charge in [0.05, 0.1) is 21.7 Å². The molecule has 0 radical (unpaired) electrons. The molecule has 226 valence electrons. The summed E-state index contributed by atoms with van der Waals surface area (Å²) in [5, 5.41) is 18.5. The lowest BCUT2D eigenvalue weighted by molar-refractivity contribution is -0.192. The molecule has 1 amide bonds. The van der Waals surface area contributed by atoms with Crippen molar-refractivity contribution in [2.45, 2.75) is 24.5 Å². The average Bonchev–Trinajstić information content (AvgIpc) is 3.38. The highest BCUT2D eigenvalue weighted by atomic mass is 32.2. The summed E-state index contributed by atoms with van der Waals surface area (Å²) in [6.45, 7) is 1.61. The fourth-order valence-corrected chi connectivity index (χ4v) is 4.22. The maximum atomic E-state index is 12.1. The summed E-state index contributed by atoms with van der Waals surface area (Å²) in [4.78, 5) is 43.9. The molecule has 4 aromatic rings. The van der Waals surface area contributed by atoms with Crippen molar-refractivity contribution in [3.8, 4) is 23.0 Å². The van der Waals surface area contributed by atoms with Gasteiger partial charge in [-0.2, -0.15) is 13.2 Å². The van der Waals surface area contributed by atoms with Gasteiger partial charge in [-0.25, -0.2) is 23.0 Å². The molecule has 2 heterocycles. The number of carboxylic acid groups (broad SMARTS) is 2. The number of benzene rings is 2. The number of sulfone groups is 1. The maximum Gasteiger partial charge on any atom is 0.490 e. The third-order valence-corrected chi connectivity index (χ3v) is 7.19. The highest BCUT2D eigenvalue weighted by molar-refractivity contribution is 7.91. The van der Waals surface area contributed by atoms with Gasteiger partial charge in [-0.15, -0.1) is 0 Å². The Hall–Kier alpha value is -5.25. The molecule has 43 heavy (non-hydrogen) atoms. The van der Waals surface area contributed by atoms with Crippen molar-refractivity contribution in [1.82, 2.24) is 20.3 Å². The predicted octanol–water partition coefficient (Wildman–Crippen LogP) is 4.10. The van der Waals surface area contributed by atoms with E-state index in [-0.39, 0.29) is 17.2 Å². The van der Waals surface area contributed by atoms with E-state index in [0.29, 0.717) is 39.6 Å². The number of aromatic nitrogens is 3. The SMILES string of the molecule is CCS(=O)(=O)c1ccc(Oc2cc3nc(-c4ccccn4)[nH]c3cc2CNC(=O)/C=C\C(=O)O)cc1.O=C(O)C(F)(F)F. The van der Waals surface area contributed by atoms with Crippen LogP contribution in [0.25, 0.3) is 22.6 Å². The van der Waals surface area contributed by atoms with Crippen LogP contribution in [0, 0.1) is 0 Å². The number of imidazole rings is 1. The van der Waals surface area contributed by atoms with Crippen LogP contribution in [-0.4, -0.2) is 63.4 Å². The minimum Gasteiger partial charge on any atom is -0.478 e. The summed E-state index contributed by atoms with van der Waals surface area (Å²) < 4.78 is 62.0. The Morgan fingerprint density at radius 1 is 1.05 bits per heavy atom. The monoisotopic (exact) mass is 620 g/mol. The number of H-pyrrole nitrogens is 1. The van der Waals surface area contributed by atoms with Gasteiger partial charge in [0.25, 0.3) is 0 Å². The first-order valence-corrected chi connectivity index (χ1v) is 13.8. The highest BCUT2D eigenvalue weighted by Crippen LogP contribution is 2.31. The topological polar surface area (TPSA) is 189 Å². The number of aromatic amines is 1. The minimum atomic E-state index is -5.08. The van der Waals surface area contributed by atoms with Crippen LogP contribution in [0.15, 0.2) is 77.8 Å². The lowest BCUT2D eigenvalue weighted by Gasteiger charge is -2.12. The first kappa shape index (κ1) is 32.3. The van der Waals surface area contributed by atoms with Crippen LogP contribution in [0.4, 0.5) is 13.2 Å². The molecule has 16 heteroatoms. The first-order chi connectivity index (χ1) is 20.2. The van der Waals surface area contributed by atoms with Gasteiger partial charge in [-0.1, -0.05) is 13.0 Å². The molecule has 4 rings (SSSR count). The Morgan fingerprint density at radius 3 is 2.28 bits per heavy atom. The molecule has 0 fully saturated rings. The predicted molar refractivity (Wildman–Crippen MR) is 146 cm³/mol. The van der Waals surface area contributed by atoms with Crippen LogP contribution < -0.4 is 10.1 Å². The number of carboxylic acids is 2. The van der Waals surface area contributed by atoms with Crippen molar-refractivity contribution < 1.29 is 50.9 Å². The Balaban J connectivity index is 0.000000646. The summed E-state index contributed by atoms with van der Waals surface area (Å²) in [5.74, 6) is -3.26. The van der Waals surface area contributed by atoms with Crippen LogP contribution >= 0.6 is 0 Å². The zero-order chi connectivity index (χ0) is 31.8. The normalized spacial score (nSPS) is 11.5. The van der Waals surface area contributed by atoms with Gasteiger partial charge in [0, 0.05) is 36.5 Å². The highest BCUT2D eigenvalue weighted by Gasteiger charge is 2.38. The van der Waals surface area contributed by atoms with Crippen LogP contribution in [0.5, 0.6) is 11.5 Å². The first-order valence-electron chi connectivity index (χ1n) is 12.1. The average molecular weight is 621 g/mol. The standard InChI is InChI=1S/C25H22N4O6S.C2HF3O2/c1-2-36(33,34)18-8-6-17(7-9-18)35-22-14-21-20(28-25(29-21)19-5-3-4-12-26-19)13-16(22)15-27-23(30)10-11-24(31)32;3-2(4,5)1(6)7/h3-14H,2,15H2,1H3,(H,27,30)(H,28,29)(H,31,32);(H,6,7)/b11-10-;. The fourth-order valence-electron chi connectivity index (χ4n) is 3.34. The molecule has 4 N–H and O–H groups in total. The number of rotatable bonds is 9. The summed E-state index contributed by atoms with van der Waals surface area (Å²) in [6, 6.07) is 15.0. The lowest BCUT2D eigenvalue weighted by atomic mass is 10.1. The molecule has 0 bridgehead atoms. The molecule has 0 aliphatic heterocycles. The van der Waals surface area contributed by atoms with E-state index in [1.807, 2.05) is 12.1 Å². The zero-order valence-corrected chi connectivity index (χ0v) is 22.9. The number of amides is 1. The van der Waals surface area contributed by atoms with E-state index in [4.69, 9.17) is 19.7 Å². The third-order valence-electron chi connectivity index (χ3n) is 5.44. The molecule has 0 saturated heterocycles. The van der Waals surface area contributed by atoms with E-state index in [1.54, 1.807) is 43.5 Å². The number of hydrogen-bond acceptors (Lipinski definition) is 8. The number of nitrogens with one attached hydrogen (secondary N) is 2. The molecular formula is C27H23F3N4O8S. The van der Waals surface area contributed by atoms with Gasteiger partial charge in [0.15, 0.2) is 15.7 Å². The third kappa shape index (κ3) is 9.12. The van der Waals surface area contributed by atoms with Crippen molar-refractivity contribution in [3.63, 3.8) is 0 Å². The molecular weight excluding hydrogens is 597 g/mol. The van der Waals surface area contributed by atoms with E-state index in [2.05, 4.69) is 20.3 Å². The van der Waals surface area contributed by atoms with Gasteiger partial charge in [0.2, 0.25) is 5.91 Å². The molecule has 0 aliphatic rings. The molecule has 0 aliphatic carbocycles. The maximum absolute atomic E-state index is 12.1. The van der Waals surface area contributed by atoms with E-state index < -0.39 is 33.9 Å². The second kappa shape index (κ2) is 13.6.